The lowest BCUT2D eigenvalue weighted by molar-refractivity contribution is -0.116. The molecule has 1 aromatic rings. The van der Waals surface area contributed by atoms with Gasteiger partial charge < -0.3 is 20.8 Å². The minimum Gasteiger partial charge on any atom is -0.507 e. The number of hydrogen-bond acceptors (Lipinski definition) is 4. The Bertz CT molecular complexity index is 524. The summed E-state index contributed by atoms with van der Waals surface area (Å²) in [4.78, 5) is 22.8. The molecule has 1 aromatic carbocycles. The SMILES string of the molecule is O=C(CCC1CCCNC1)Nc1ccc(O)c(C(=O)O)c1. The first-order valence-electron chi connectivity index (χ1n) is 7.13. The van der Waals surface area contributed by atoms with Crippen LogP contribution in [0.15, 0.2) is 18.2 Å². The van der Waals surface area contributed by atoms with Gasteiger partial charge in [-0.05, 0) is 56.5 Å². The van der Waals surface area contributed by atoms with Crippen molar-refractivity contribution in [3.63, 3.8) is 0 Å². The van der Waals surface area contributed by atoms with E-state index in [1.807, 2.05) is 0 Å². The third-order valence-corrected chi connectivity index (χ3v) is 3.69. The van der Waals surface area contributed by atoms with Crippen LogP contribution in [0.3, 0.4) is 0 Å². The summed E-state index contributed by atoms with van der Waals surface area (Å²) >= 11 is 0. The van der Waals surface area contributed by atoms with Crippen molar-refractivity contribution < 1.29 is 19.8 Å². The first-order chi connectivity index (χ1) is 10.1. The van der Waals surface area contributed by atoms with Crippen LogP contribution in [0.25, 0.3) is 0 Å². The van der Waals surface area contributed by atoms with Crippen LogP contribution in [0.4, 0.5) is 5.69 Å². The molecule has 0 radical (unpaired) electrons. The van der Waals surface area contributed by atoms with E-state index in [0.717, 1.165) is 32.4 Å². The summed E-state index contributed by atoms with van der Waals surface area (Å²) in [6.07, 6.45) is 3.52. The Hall–Kier alpha value is -2.08. The van der Waals surface area contributed by atoms with Crippen molar-refractivity contribution in [2.45, 2.75) is 25.7 Å². The van der Waals surface area contributed by atoms with Crippen molar-refractivity contribution in [2.75, 3.05) is 18.4 Å². The second-order valence-electron chi connectivity index (χ2n) is 5.34. The molecule has 1 unspecified atom stereocenters. The van der Waals surface area contributed by atoms with Crippen LogP contribution in [-0.2, 0) is 4.79 Å². The molecule has 1 amide bonds. The number of nitrogens with one attached hydrogen (secondary N) is 2. The van der Waals surface area contributed by atoms with Gasteiger partial charge in [-0.2, -0.15) is 0 Å². The topological polar surface area (TPSA) is 98.7 Å². The molecule has 1 atom stereocenters. The monoisotopic (exact) mass is 292 g/mol. The smallest absolute Gasteiger partial charge is 0.339 e. The third-order valence-electron chi connectivity index (χ3n) is 3.69. The highest BCUT2D eigenvalue weighted by Crippen LogP contribution is 2.22. The Labute approximate surface area is 123 Å². The molecule has 1 aliphatic heterocycles. The molecule has 1 aliphatic rings. The maximum Gasteiger partial charge on any atom is 0.339 e. The Kier molecular flexibility index (Phi) is 5.16. The van der Waals surface area contributed by atoms with Crippen LogP contribution in [0, 0.1) is 5.92 Å². The molecule has 0 bridgehead atoms. The number of anilines is 1. The van der Waals surface area contributed by atoms with E-state index in [1.165, 1.54) is 18.2 Å². The predicted molar refractivity (Wildman–Crippen MR) is 78.5 cm³/mol. The molecule has 0 spiro atoms. The van der Waals surface area contributed by atoms with Crippen molar-refractivity contribution in [3.05, 3.63) is 23.8 Å². The van der Waals surface area contributed by atoms with E-state index in [4.69, 9.17) is 5.11 Å². The molecule has 1 fully saturated rings. The van der Waals surface area contributed by atoms with Crippen molar-refractivity contribution in [2.24, 2.45) is 5.92 Å². The normalized spacial score (nSPS) is 18.2. The quantitative estimate of drug-likeness (QED) is 0.620. The number of hydrogen-bond donors (Lipinski definition) is 4. The molecule has 0 aromatic heterocycles. The molecule has 1 heterocycles. The maximum absolute atomic E-state index is 11.9. The number of carbonyl (C=O) groups is 2. The molecule has 6 heteroatoms. The molecular formula is C15H20N2O4. The van der Waals surface area contributed by atoms with E-state index in [1.54, 1.807) is 0 Å². The van der Waals surface area contributed by atoms with E-state index in [9.17, 15) is 14.7 Å². The average Bonchev–Trinajstić information content (AvgIpc) is 2.48. The summed E-state index contributed by atoms with van der Waals surface area (Å²) in [6.45, 7) is 2.00. The van der Waals surface area contributed by atoms with Gasteiger partial charge in [-0.1, -0.05) is 0 Å². The molecular weight excluding hydrogens is 272 g/mol. The molecule has 21 heavy (non-hydrogen) atoms. The molecule has 0 saturated carbocycles. The van der Waals surface area contributed by atoms with E-state index in [0.29, 0.717) is 18.0 Å². The molecule has 114 valence electrons. The van der Waals surface area contributed by atoms with Crippen molar-refractivity contribution >= 4 is 17.6 Å². The highest BCUT2D eigenvalue weighted by atomic mass is 16.4. The van der Waals surface area contributed by atoms with Crippen LogP contribution >= 0.6 is 0 Å². The number of phenols is 1. The summed E-state index contributed by atoms with van der Waals surface area (Å²) in [5.74, 6) is -1.15. The Balaban J connectivity index is 1.87. The zero-order valence-electron chi connectivity index (χ0n) is 11.8. The van der Waals surface area contributed by atoms with Crippen LogP contribution in [0.2, 0.25) is 0 Å². The zero-order valence-corrected chi connectivity index (χ0v) is 11.8. The summed E-state index contributed by atoms with van der Waals surface area (Å²) < 4.78 is 0. The van der Waals surface area contributed by atoms with E-state index >= 15 is 0 Å². The van der Waals surface area contributed by atoms with Crippen LogP contribution < -0.4 is 10.6 Å². The van der Waals surface area contributed by atoms with Gasteiger partial charge in [-0.3, -0.25) is 4.79 Å². The van der Waals surface area contributed by atoms with Crippen molar-refractivity contribution in [1.82, 2.24) is 5.32 Å². The van der Waals surface area contributed by atoms with Gasteiger partial charge in [0.2, 0.25) is 5.91 Å². The zero-order chi connectivity index (χ0) is 15.2. The lowest BCUT2D eigenvalue weighted by Crippen LogP contribution is -2.30. The van der Waals surface area contributed by atoms with Gasteiger partial charge in [0.1, 0.15) is 11.3 Å². The molecule has 4 N–H and O–H groups in total. The first kappa shape index (κ1) is 15.3. The summed E-state index contributed by atoms with van der Waals surface area (Å²) in [7, 11) is 0. The van der Waals surface area contributed by atoms with Crippen LogP contribution in [-0.4, -0.2) is 35.2 Å². The van der Waals surface area contributed by atoms with Crippen molar-refractivity contribution in [3.8, 4) is 5.75 Å². The first-order valence-corrected chi connectivity index (χ1v) is 7.13. The number of benzene rings is 1. The van der Waals surface area contributed by atoms with Crippen LogP contribution in [0.1, 0.15) is 36.0 Å². The highest BCUT2D eigenvalue weighted by molar-refractivity contribution is 5.95. The number of amides is 1. The van der Waals surface area contributed by atoms with E-state index in [2.05, 4.69) is 10.6 Å². The predicted octanol–water partition coefficient (Wildman–Crippen LogP) is 1.81. The number of carboxylic acid groups (broad SMARTS) is 1. The third kappa shape index (κ3) is 4.46. The summed E-state index contributed by atoms with van der Waals surface area (Å²) in [5, 5.41) is 24.3. The Morgan fingerprint density at radius 1 is 1.38 bits per heavy atom. The Morgan fingerprint density at radius 3 is 2.86 bits per heavy atom. The van der Waals surface area contributed by atoms with Crippen molar-refractivity contribution in [1.29, 1.82) is 0 Å². The average molecular weight is 292 g/mol. The largest absolute Gasteiger partial charge is 0.507 e. The number of aromatic hydroxyl groups is 1. The van der Waals surface area contributed by atoms with E-state index < -0.39 is 5.97 Å². The van der Waals surface area contributed by atoms with Crippen LogP contribution in [0.5, 0.6) is 5.75 Å². The second-order valence-corrected chi connectivity index (χ2v) is 5.34. The number of carbonyl (C=O) groups excluding carboxylic acids is 1. The highest BCUT2D eigenvalue weighted by Gasteiger charge is 2.15. The number of carboxylic acids is 1. The maximum atomic E-state index is 11.9. The van der Waals surface area contributed by atoms with Gasteiger partial charge in [0, 0.05) is 12.1 Å². The van der Waals surface area contributed by atoms with Gasteiger partial charge in [0.15, 0.2) is 0 Å². The van der Waals surface area contributed by atoms with E-state index in [-0.39, 0.29) is 17.2 Å². The van der Waals surface area contributed by atoms with Gasteiger partial charge >= 0.3 is 5.97 Å². The molecule has 2 rings (SSSR count). The fourth-order valence-corrected chi connectivity index (χ4v) is 2.51. The fraction of sp³-hybridized carbons (Fsp3) is 0.467. The number of aromatic carboxylic acids is 1. The lowest BCUT2D eigenvalue weighted by Gasteiger charge is -2.22. The molecule has 6 nitrogen and oxygen atoms in total. The minimum atomic E-state index is -1.23. The number of piperidine rings is 1. The minimum absolute atomic E-state index is 0.136. The summed E-state index contributed by atoms with van der Waals surface area (Å²) in [6, 6.07) is 4.02. The molecule has 1 saturated heterocycles. The van der Waals surface area contributed by atoms with Gasteiger partial charge in [0.05, 0.1) is 0 Å². The van der Waals surface area contributed by atoms with Gasteiger partial charge in [0.25, 0.3) is 0 Å². The standard InChI is InChI=1S/C15H20N2O4/c18-13-5-4-11(8-12(13)15(20)21)17-14(19)6-3-10-2-1-7-16-9-10/h4-5,8,10,16,18H,1-3,6-7,9H2,(H,17,19)(H,20,21). The fourth-order valence-electron chi connectivity index (χ4n) is 2.51. The molecule has 0 aliphatic carbocycles. The lowest BCUT2D eigenvalue weighted by atomic mass is 9.94. The Morgan fingerprint density at radius 2 is 2.19 bits per heavy atom. The van der Waals surface area contributed by atoms with Gasteiger partial charge in [-0.15, -0.1) is 0 Å². The number of rotatable bonds is 5. The second kappa shape index (κ2) is 7.08. The van der Waals surface area contributed by atoms with Gasteiger partial charge in [-0.25, -0.2) is 4.79 Å². The summed E-state index contributed by atoms with van der Waals surface area (Å²) in [5.41, 5.74) is 0.168.